The molecule has 0 atom stereocenters. The van der Waals surface area contributed by atoms with Crippen molar-refractivity contribution in [3.05, 3.63) is 66.5 Å². The fourth-order valence-electron chi connectivity index (χ4n) is 2.96. The number of rotatable bonds is 7. The van der Waals surface area contributed by atoms with Crippen molar-refractivity contribution in [3.63, 3.8) is 0 Å². The second-order valence-corrected chi connectivity index (χ2v) is 7.31. The van der Waals surface area contributed by atoms with Crippen molar-refractivity contribution in [1.82, 2.24) is 14.5 Å². The highest BCUT2D eigenvalue weighted by molar-refractivity contribution is 7.98. The number of fused-ring (bicyclic) bond motifs is 1. The van der Waals surface area contributed by atoms with Crippen LogP contribution in [-0.4, -0.2) is 34.1 Å². The minimum absolute atomic E-state index is 0.646. The van der Waals surface area contributed by atoms with Gasteiger partial charge in [0.05, 0.1) is 22.9 Å². The summed E-state index contributed by atoms with van der Waals surface area (Å²) in [6.45, 7) is 0. The van der Waals surface area contributed by atoms with E-state index in [-0.39, 0.29) is 0 Å². The molecule has 0 aliphatic heterocycles. The summed E-state index contributed by atoms with van der Waals surface area (Å²) >= 11 is 1.72. The van der Waals surface area contributed by atoms with Gasteiger partial charge in [0.2, 0.25) is 5.95 Å². The van der Waals surface area contributed by atoms with Gasteiger partial charge in [-0.25, -0.2) is 4.98 Å². The lowest BCUT2D eigenvalue weighted by Crippen LogP contribution is -1.98. The smallest absolute Gasteiger partial charge is 0.208 e. The highest BCUT2D eigenvalue weighted by Gasteiger charge is 2.10. The third kappa shape index (κ3) is 4.38. The van der Waals surface area contributed by atoms with E-state index in [9.17, 15) is 0 Å². The van der Waals surface area contributed by atoms with Gasteiger partial charge >= 0.3 is 0 Å². The predicted octanol–water partition coefficient (Wildman–Crippen LogP) is 5.21. The fourth-order valence-corrected chi connectivity index (χ4v) is 3.37. The first-order chi connectivity index (χ1) is 14.7. The first-order valence-corrected chi connectivity index (χ1v) is 10.5. The van der Waals surface area contributed by atoms with Crippen molar-refractivity contribution < 1.29 is 9.57 Å². The summed E-state index contributed by atoms with van der Waals surface area (Å²) in [6.07, 6.45) is 5.25. The predicted molar refractivity (Wildman–Crippen MR) is 121 cm³/mol. The van der Waals surface area contributed by atoms with E-state index in [2.05, 4.69) is 33.8 Å². The summed E-state index contributed by atoms with van der Waals surface area (Å²) in [5.74, 6) is 2.11. The van der Waals surface area contributed by atoms with Gasteiger partial charge in [-0.1, -0.05) is 5.16 Å². The summed E-state index contributed by atoms with van der Waals surface area (Å²) in [5, 5.41) is 7.10. The van der Waals surface area contributed by atoms with Crippen LogP contribution in [-0.2, 0) is 11.9 Å². The topological polar surface area (TPSA) is 73.6 Å². The van der Waals surface area contributed by atoms with Crippen LogP contribution in [0.3, 0.4) is 0 Å². The molecule has 2 aromatic carbocycles. The Bertz CT molecular complexity index is 1190. The number of anilines is 2. The largest absolute Gasteiger partial charge is 0.457 e. The lowest BCUT2D eigenvalue weighted by Gasteiger charge is -2.07. The zero-order chi connectivity index (χ0) is 20.9. The molecule has 0 unspecified atom stereocenters. The highest BCUT2D eigenvalue weighted by atomic mass is 32.2. The maximum Gasteiger partial charge on any atom is 0.208 e. The second kappa shape index (κ2) is 8.87. The van der Waals surface area contributed by atoms with E-state index in [4.69, 9.17) is 14.6 Å². The summed E-state index contributed by atoms with van der Waals surface area (Å²) in [6, 6.07) is 17.7. The number of benzene rings is 2. The average Bonchev–Trinajstić information content (AvgIpc) is 3.07. The van der Waals surface area contributed by atoms with Crippen molar-refractivity contribution in [2.75, 3.05) is 18.7 Å². The highest BCUT2D eigenvalue weighted by Crippen LogP contribution is 2.28. The maximum absolute atomic E-state index is 5.99. The molecule has 2 aromatic heterocycles. The van der Waals surface area contributed by atoms with Gasteiger partial charge in [0.1, 0.15) is 18.6 Å². The third-order valence-electron chi connectivity index (χ3n) is 4.48. The Morgan fingerprint density at radius 2 is 1.87 bits per heavy atom. The first-order valence-electron chi connectivity index (χ1n) is 9.24. The summed E-state index contributed by atoms with van der Waals surface area (Å²) in [7, 11) is 3.47. The lowest BCUT2D eigenvalue weighted by atomic mass is 10.3. The van der Waals surface area contributed by atoms with Crippen LogP contribution < -0.4 is 10.1 Å². The van der Waals surface area contributed by atoms with E-state index in [1.54, 1.807) is 30.1 Å². The number of aryl methyl sites for hydroxylation is 1. The number of ether oxygens (including phenoxy) is 1. The molecule has 30 heavy (non-hydrogen) atoms. The molecule has 1 N–H and O–H groups in total. The Balaban J connectivity index is 1.56. The molecule has 0 spiro atoms. The molecule has 0 aliphatic rings. The molecule has 0 aliphatic carbocycles. The number of hydrogen-bond acceptors (Lipinski definition) is 7. The van der Waals surface area contributed by atoms with Crippen LogP contribution in [0.15, 0.2) is 70.8 Å². The van der Waals surface area contributed by atoms with E-state index in [1.165, 1.54) is 18.2 Å². The quantitative estimate of drug-likeness (QED) is 0.252. The Morgan fingerprint density at radius 3 is 2.63 bits per heavy atom. The van der Waals surface area contributed by atoms with Gasteiger partial charge in [0.15, 0.2) is 0 Å². The number of aromatic nitrogens is 3. The van der Waals surface area contributed by atoms with Gasteiger partial charge < -0.3 is 19.5 Å². The molecule has 8 heteroatoms. The molecule has 0 amide bonds. The molecule has 0 saturated carbocycles. The van der Waals surface area contributed by atoms with Crippen molar-refractivity contribution in [2.45, 2.75) is 4.90 Å². The monoisotopic (exact) mass is 419 g/mol. The number of oxime groups is 1. The molecular weight excluding hydrogens is 398 g/mol. The second-order valence-electron chi connectivity index (χ2n) is 6.43. The zero-order valence-corrected chi connectivity index (χ0v) is 17.7. The molecule has 4 aromatic rings. The fraction of sp³-hybridized carbons (Fsp3) is 0.136. The molecule has 7 nitrogen and oxygen atoms in total. The van der Waals surface area contributed by atoms with Crippen LogP contribution in [0.25, 0.3) is 11.0 Å². The van der Waals surface area contributed by atoms with Crippen LogP contribution in [0.2, 0.25) is 0 Å². The van der Waals surface area contributed by atoms with E-state index in [0.717, 1.165) is 22.7 Å². The normalized spacial score (nSPS) is 11.2. The number of imidazole rings is 1. The Labute approximate surface area is 178 Å². The van der Waals surface area contributed by atoms with Crippen LogP contribution >= 0.6 is 11.8 Å². The van der Waals surface area contributed by atoms with E-state index in [0.29, 0.717) is 17.2 Å². The molecular formula is C22H21N5O2S. The molecule has 0 fully saturated rings. The minimum Gasteiger partial charge on any atom is -0.457 e. The van der Waals surface area contributed by atoms with Crippen LogP contribution in [0.1, 0.15) is 5.69 Å². The third-order valence-corrected chi connectivity index (χ3v) is 5.22. The minimum atomic E-state index is 0.646. The standard InChI is InChI=1S/C22H21N5O2S/c1-27-21-9-6-17(29-18-10-11-23-16(12-18)14-24-28-2)13-20(21)26-22(27)25-15-4-7-19(30-3)8-5-15/h4-14H,1-3H3,(H,25,26). The summed E-state index contributed by atoms with van der Waals surface area (Å²) in [4.78, 5) is 14.8. The average molecular weight is 420 g/mol. The SMILES string of the molecule is CON=Cc1cc(Oc2ccc3c(c2)nc(Nc2ccc(SC)cc2)n3C)ccn1. The number of nitrogens with zero attached hydrogens (tertiary/aromatic N) is 4. The van der Waals surface area contributed by atoms with Gasteiger partial charge in [-0.05, 0) is 48.7 Å². The van der Waals surface area contributed by atoms with Gasteiger partial charge in [0, 0.05) is 36.0 Å². The molecule has 0 bridgehead atoms. The number of hydrogen-bond donors (Lipinski definition) is 1. The van der Waals surface area contributed by atoms with E-state index in [1.807, 2.05) is 41.9 Å². The zero-order valence-electron chi connectivity index (χ0n) is 16.9. The van der Waals surface area contributed by atoms with Gasteiger partial charge in [-0.3, -0.25) is 4.98 Å². The van der Waals surface area contributed by atoms with Gasteiger partial charge in [0.25, 0.3) is 0 Å². The molecule has 4 rings (SSSR count). The molecule has 0 radical (unpaired) electrons. The van der Waals surface area contributed by atoms with Crippen LogP contribution in [0.5, 0.6) is 11.5 Å². The maximum atomic E-state index is 5.99. The molecule has 152 valence electrons. The van der Waals surface area contributed by atoms with Crippen molar-refractivity contribution in [1.29, 1.82) is 0 Å². The Hall–Kier alpha value is -3.52. The van der Waals surface area contributed by atoms with Crippen molar-refractivity contribution in [2.24, 2.45) is 12.2 Å². The van der Waals surface area contributed by atoms with E-state index < -0.39 is 0 Å². The number of pyridine rings is 1. The van der Waals surface area contributed by atoms with E-state index >= 15 is 0 Å². The van der Waals surface area contributed by atoms with Crippen molar-refractivity contribution >= 4 is 40.6 Å². The first kappa shape index (κ1) is 19.8. The van der Waals surface area contributed by atoms with Gasteiger partial charge in [-0.2, -0.15) is 0 Å². The molecule has 0 saturated heterocycles. The van der Waals surface area contributed by atoms with Gasteiger partial charge in [-0.15, -0.1) is 11.8 Å². The number of thioether (sulfide) groups is 1. The number of nitrogens with one attached hydrogen (secondary N) is 1. The summed E-state index contributed by atoms with van der Waals surface area (Å²) < 4.78 is 8.01. The van der Waals surface area contributed by atoms with Crippen LogP contribution in [0, 0.1) is 0 Å². The van der Waals surface area contributed by atoms with Crippen molar-refractivity contribution in [3.8, 4) is 11.5 Å². The Morgan fingerprint density at radius 1 is 1.07 bits per heavy atom. The lowest BCUT2D eigenvalue weighted by molar-refractivity contribution is 0.215. The van der Waals surface area contributed by atoms with Crippen LogP contribution in [0.4, 0.5) is 11.6 Å². The summed E-state index contributed by atoms with van der Waals surface area (Å²) in [5.41, 5.74) is 3.48. The Kier molecular flexibility index (Phi) is 5.85. The molecule has 2 heterocycles.